The fourth-order valence-electron chi connectivity index (χ4n) is 3.51. The van der Waals surface area contributed by atoms with Crippen LogP contribution in [-0.2, 0) is 0 Å². The Hall–Kier alpha value is -3.19. The van der Waals surface area contributed by atoms with Crippen LogP contribution in [0.5, 0.6) is 5.88 Å². The summed E-state index contributed by atoms with van der Waals surface area (Å²) in [5.74, 6) is 0.522. The molecule has 3 aromatic rings. The van der Waals surface area contributed by atoms with Gasteiger partial charge in [-0.05, 0) is 48.6 Å². The number of nitrogens with one attached hydrogen (secondary N) is 1. The molecule has 1 fully saturated rings. The van der Waals surface area contributed by atoms with Gasteiger partial charge in [0, 0.05) is 30.2 Å². The summed E-state index contributed by atoms with van der Waals surface area (Å²) in [4.78, 5) is 17.2. The Morgan fingerprint density at radius 3 is 2.79 bits per heavy atom. The predicted molar refractivity (Wildman–Crippen MR) is 103 cm³/mol. The van der Waals surface area contributed by atoms with Crippen molar-refractivity contribution in [3.8, 4) is 11.6 Å². The molecule has 0 spiro atoms. The number of aliphatic hydroxyl groups excluding tert-OH is 1. The Bertz CT molecular complexity index is 935. The average molecular weight is 378 g/mol. The number of hydrogen-bond donors (Lipinski definition) is 2. The fraction of sp³-hybridized carbons (Fsp3) is 0.286. The zero-order valence-corrected chi connectivity index (χ0v) is 15.5. The summed E-state index contributed by atoms with van der Waals surface area (Å²) >= 11 is 0. The third-order valence-electron chi connectivity index (χ3n) is 5.11. The van der Waals surface area contributed by atoms with Gasteiger partial charge in [0.15, 0.2) is 0 Å². The van der Waals surface area contributed by atoms with Crippen LogP contribution in [-0.4, -0.2) is 39.0 Å². The molecule has 0 saturated heterocycles. The molecule has 0 radical (unpaired) electrons. The lowest BCUT2D eigenvalue weighted by atomic mass is 9.75. The van der Waals surface area contributed by atoms with Crippen LogP contribution in [0.25, 0.3) is 5.69 Å². The van der Waals surface area contributed by atoms with Gasteiger partial charge in [-0.2, -0.15) is 5.10 Å². The maximum atomic E-state index is 13.0. The van der Waals surface area contributed by atoms with Crippen molar-refractivity contribution in [2.75, 3.05) is 7.11 Å². The summed E-state index contributed by atoms with van der Waals surface area (Å²) < 4.78 is 6.83. The second-order valence-electron chi connectivity index (χ2n) is 6.97. The number of aliphatic hydroxyl groups is 1. The van der Waals surface area contributed by atoms with E-state index in [9.17, 15) is 9.90 Å². The quantitative estimate of drug-likeness (QED) is 0.688. The van der Waals surface area contributed by atoms with Gasteiger partial charge in [0.1, 0.15) is 0 Å². The summed E-state index contributed by atoms with van der Waals surface area (Å²) in [6.07, 6.45) is 6.25. The molecule has 1 atom stereocenters. The van der Waals surface area contributed by atoms with Gasteiger partial charge in [-0.25, -0.2) is 9.67 Å². The van der Waals surface area contributed by atoms with Crippen molar-refractivity contribution in [2.24, 2.45) is 5.92 Å². The van der Waals surface area contributed by atoms with E-state index in [1.165, 1.54) is 0 Å². The number of aromatic nitrogens is 3. The Morgan fingerprint density at radius 2 is 2.14 bits per heavy atom. The van der Waals surface area contributed by atoms with Crippen LogP contribution in [0.3, 0.4) is 0 Å². The predicted octanol–water partition coefficient (Wildman–Crippen LogP) is 2.52. The second-order valence-corrected chi connectivity index (χ2v) is 6.97. The van der Waals surface area contributed by atoms with Crippen LogP contribution < -0.4 is 10.1 Å². The van der Waals surface area contributed by atoms with Crippen LogP contribution in [0.4, 0.5) is 0 Å². The van der Waals surface area contributed by atoms with Crippen molar-refractivity contribution in [2.45, 2.75) is 25.0 Å². The summed E-state index contributed by atoms with van der Waals surface area (Å²) in [5, 5.41) is 17.1. The van der Waals surface area contributed by atoms with Crippen molar-refractivity contribution in [1.29, 1.82) is 0 Å². The molecular formula is C21H22N4O3. The molecule has 1 amide bonds. The molecule has 0 bridgehead atoms. The van der Waals surface area contributed by atoms with E-state index in [0.29, 0.717) is 24.3 Å². The minimum atomic E-state index is -0.307. The van der Waals surface area contributed by atoms with E-state index in [1.807, 2.05) is 30.5 Å². The number of pyridine rings is 1. The van der Waals surface area contributed by atoms with E-state index in [2.05, 4.69) is 15.4 Å². The standard InChI is InChI=1S/C21H22N4O3/c1-28-19-7-6-15(13-22-19)20(16-11-18(26)12-16)24-21(27)14-4-2-5-17(10-14)25-9-3-8-23-25/h2-10,13,16,18,20,26H,11-12H2,1H3,(H,24,27). The monoisotopic (exact) mass is 378 g/mol. The molecule has 1 aliphatic rings. The van der Waals surface area contributed by atoms with Gasteiger partial charge < -0.3 is 15.2 Å². The third kappa shape index (κ3) is 3.75. The smallest absolute Gasteiger partial charge is 0.251 e. The van der Waals surface area contributed by atoms with Crippen molar-refractivity contribution in [3.63, 3.8) is 0 Å². The van der Waals surface area contributed by atoms with Crippen LogP contribution in [0, 0.1) is 5.92 Å². The highest BCUT2D eigenvalue weighted by Crippen LogP contribution is 2.38. The molecule has 2 N–H and O–H groups in total. The van der Waals surface area contributed by atoms with E-state index < -0.39 is 0 Å². The molecule has 4 rings (SSSR count). The molecule has 7 nitrogen and oxygen atoms in total. The van der Waals surface area contributed by atoms with Crippen LogP contribution >= 0.6 is 0 Å². The number of nitrogens with zero attached hydrogens (tertiary/aromatic N) is 3. The Kier molecular flexibility index (Phi) is 5.08. The van der Waals surface area contributed by atoms with Crippen molar-refractivity contribution >= 4 is 5.91 Å². The summed E-state index contributed by atoms with van der Waals surface area (Å²) in [6, 6.07) is 12.6. The first-order chi connectivity index (χ1) is 13.6. The van der Waals surface area contributed by atoms with Crippen molar-refractivity contribution in [1.82, 2.24) is 20.1 Å². The number of carbonyl (C=O) groups excluding carboxylic acids is 1. The van der Waals surface area contributed by atoms with Gasteiger partial charge in [0.2, 0.25) is 5.88 Å². The topological polar surface area (TPSA) is 89.3 Å². The highest BCUT2D eigenvalue weighted by atomic mass is 16.5. The minimum absolute atomic E-state index is 0.170. The SMILES string of the molecule is COc1ccc(C(NC(=O)c2cccc(-n3cccn3)c2)C2CC(O)C2)cn1. The number of hydrogen-bond acceptors (Lipinski definition) is 5. The third-order valence-corrected chi connectivity index (χ3v) is 5.11. The molecule has 1 unspecified atom stereocenters. The molecule has 1 saturated carbocycles. The van der Waals surface area contributed by atoms with Gasteiger partial charge in [-0.3, -0.25) is 4.79 Å². The number of amides is 1. The van der Waals surface area contributed by atoms with Gasteiger partial charge in [-0.15, -0.1) is 0 Å². The van der Waals surface area contributed by atoms with Crippen molar-refractivity contribution in [3.05, 3.63) is 72.2 Å². The molecule has 1 aromatic carbocycles. The van der Waals surface area contributed by atoms with Crippen LogP contribution in [0.2, 0.25) is 0 Å². The first kappa shape index (κ1) is 18.2. The zero-order chi connectivity index (χ0) is 19.5. The number of methoxy groups -OCH3 is 1. The molecule has 0 aliphatic heterocycles. The first-order valence-corrected chi connectivity index (χ1v) is 9.23. The van der Waals surface area contributed by atoms with E-state index in [1.54, 1.807) is 42.4 Å². The summed E-state index contributed by atoms with van der Waals surface area (Å²) in [6.45, 7) is 0. The molecular weight excluding hydrogens is 356 g/mol. The Morgan fingerprint density at radius 1 is 1.29 bits per heavy atom. The lowest BCUT2D eigenvalue weighted by Crippen LogP contribution is -2.41. The van der Waals surface area contributed by atoms with E-state index >= 15 is 0 Å². The largest absolute Gasteiger partial charge is 0.481 e. The van der Waals surface area contributed by atoms with Gasteiger partial charge in [0.25, 0.3) is 5.91 Å². The van der Waals surface area contributed by atoms with Gasteiger partial charge in [-0.1, -0.05) is 12.1 Å². The molecule has 2 aromatic heterocycles. The van der Waals surface area contributed by atoms with E-state index in [-0.39, 0.29) is 24.0 Å². The van der Waals surface area contributed by atoms with E-state index in [4.69, 9.17) is 4.74 Å². The Balaban J connectivity index is 1.56. The number of benzene rings is 1. The van der Waals surface area contributed by atoms with E-state index in [0.717, 1.165) is 11.3 Å². The molecule has 7 heteroatoms. The summed E-state index contributed by atoms with van der Waals surface area (Å²) in [5.41, 5.74) is 2.27. The Labute approximate surface area is 163 Å². The zero-order valence-electron chi connectivity index (χ0n) is 15.5. The van der Waals surface area contributed by atoms with Gasteiger partial charge in [0.05, 0.1) is 24.9 Å². The normalized spacial score (nSPS) is 19.5. The maximum absolute atomic E-state index is 13.0. The maximum Gasteiger partial charge on any atom is 0.251 e. The number of rotatable bonds is 6. The molecule has 2 heterocycles. The average Bonchev–Trinajstić information content (AvgIpc) is 3.25. The summed E-state index contributed by atoms with van der Waals surface area (Å²) in [7, 11) is 1.57. The van der Waals surface area contributed by atoms with Crippen LogP contribution in [0.1, 0.15) is 34.8 Å². The number of carbonyl (C=O) groups is 1. The number of ether oxygens (including phenoxy) is 1. The lowest BCUT2D eigenvalue weighted by Gasteiger charge is -2.38. The van der Waals surface area contributed by atoms with Gasteiger partial charge >= 0.3 is 0 Å². The molecule has 1 aliphatic carbocycles. The molecule has 144 valence electrons. The first-order valence-electron chi connectivity index (χ1n) is 9.23. The lowest BCUT2D eigenvalue weighted by molar-refractivity contribution is 0.0234. The fourth-order valence-corrected chi connectivity index (χ4v) is 3.51. The highest BCUT2D eigenvalue weighted by molar-refractivity contribution is 5.95. The van der Waals surface area contributed by atoms with Crippen molar-refractivity contribution < 1.29 is 14.6 Å². The van der Waals surface area contributed by atoms with Crippen LogP contribution in [0.15, 0.2) is 61.1 Å². The highest BCUT2D eigenvalue weighted by Gasteiger charge is 2.36. The minimum Gasteiger partial charge on any atom is -0.481 e. The second kappa shape index (κ2) is 7.82. The molecule has 28 heavy (non-hydrogen) atoms.